The fraction of sp³-hybridized carbons (Fsp3) is 0.421. The van der Waals surface area contributed by atoms with Crippen molar-refractivity contribution in [3.63, 3.8) is 0 Å². The highest BCUT2D eigenvalue weighted by molar-refractivity contribution is 5.94. The summed E-state index contributed by atoms with van der Waals surface area (Å²) in [6.45, 7) is 2.37. The maximum atomic E-state index is 12.9. The fourth-order valence-electron chi connectivity index (χ4n) is 3.08. The van der Waals surface area contributed by atoms with Gasteiger partial charge < -0.3 is 19.9 Å². The van der Waals surface area contributed by atoms with Crippen molar-refractivity contribution in [3.05, 3.63) is 53.5 Å². The Bertz CT molecular complexity index is 748. The number of benzene rings is 1. The van der Waals surface area contributed by atoms with Crippen molar-refractivity contribution in [1.29, 1.82) is 0 Å². The lowest BCUT2D eigenvalue weighted by Gasteiger charge is -2.33. The number of rotatable bonds is 5. The van der Waals surface area contributed by atoms with Crippen molar-refractivity contribution in [2.75, 3.05) is 46.2 Å². The summed E-state index contributed by atoms with van der Waals surface area (Å²) in [6.07, 6.45) is 3.00. The lowest BCUT2D eigenvalue weighted by Crippen LogP contribution is -2.42. The van der Waals surface area contributed by atoms with Gasteiger partial charge in [0.1, 0.15) is 17.6 Å². The highest BCUT2D eigenvalue weighted by Crippen LogP contribution is 2.25. The second-order valence-corrected chi connectivity index (χ2v) is 6.59. The molecule has 1 amide bonds. The van der Waals surface area contributed by atoms with Crippen molar-refractivity contribution in [3.8, 4) is 0 Å². The molecule has 0 aliphatic carbocycles. The van der Waals surface area contributed by atoms with Crippen molar-refractivity contribution in [1.82, 2.24) is 19.8 Å². The third kappa shape index (κ3) is 4.17. The van der Waals surface area contributed by atoms with Gasteiger partial charge in [0.25, 0.3) is 5.91 Å². The molecule has 138 valence electrons. The van der Waals surface area contributed by atoms with Gasteiger partial charge in [-0.1, -0.05) is 12.1 Å². The van der Waals surface area contributed by atoms with Crippen LogP contribution in [0.2, 0.25) is 0 Å². The molecule has 7 nitrogen and oxygen atoms in total. The van der Waals surface area contributed by atoms with E-state index in [2.05, 4.69) is 20.2 Å². The fourth-order valence-corrected chi connectivity index (χ4v) is 3.08. The largest absolute Gasteiger partial charge is 0.372 e. The number of morpholine rings is 1. The minimum absolute atomic E-state index is 0.0181. The maximum absolute atomic E-state index is 12.9. The summed E-state index contributed by atoms with van der Waals surface area (Å²) in [6, 6.07) is 7.81. The van der Waals surface area contributed by atoms with E-state index < -0.39 is 0 Å². The average Bonchev–Trinajstić information content (AvgIpc) is 2.67. The minimum Gasteiger partial charge on any atom is -0.372 e. The Balaban J connectivity index is 1.72. The lowest BCUT2D eigenvalue weighted by molar-refractivity contribution is -0.0245. The first-order valence-electron chi connectivity index (χ1n) is 8.71. The van der Waals surface area contributed by atoms with Crippen LogP contribution in [0.15, 0.2) is 36.7 Å². The number of carbonyl (C=O) groups excluding carboxylic acids is 1. The van der Waals surface area contributed by atoms with Crippen LogP contribution < -0.4 is 5.32 Å². The van der Waals surface area contributed by atoms with Gasteiger partial charge >= 0.3 is 0 Å². The first-order valence-corrected chi connectivity index (χ1v) is 8.71. The minimum atomic E-state index is -0.281. The van der Waals surface area contributed by atoms with Gasteiger partial charge in [-0.3, -0.25) is 9.78 Å². The van der Waals surface area contributed by atoms with E-state index in [1.807, 2.05) is 43.3 Å². The van der Waals surface area contributed by atoms with Gasteiger partial charge in [0.05, 0.1) is 13.2 Å². The summed E-state index contributed by atoms with van der Waals surface area (Å²) in [5.41, 5.74) is 2.61. The summed E-state index contributed by atoms with van der Waals surface area (Å²) >= 11 is 0. The van der Waals surface area contributed by atoms with Crippen LogP contribution in [0.5, 0.6) is 0 Å². The first-order chi connectivity index (χ1) is 12.6. The molecule has 1 aromatic heterocycles. The Labute approximate surface area is 154 Å². The predicted octanol–water partition coefficient (Wildman–Crippen LogP) is 1.79. The Morgan fingerprint density at radius 2 is 2.00 bits per heavy atom. The molecule has 7 heteroatoms. The Morgan fingerprint density at radius 3 is 2.69 bits per heavy atom. The molecule has 2 heterocycles. The molecule has 1 aliphatic rings. The van der Waals surface area contributed by atoms with Crippen LogP contribution >= 0.6 is 0 Å². The van der Waals surface area contributed by atoms with Gasteiger partial charge in [-0.25, -0.2) is 4.98 Å². The van der Waals surface area contributed by atoms with E-state index in [1.165, 1.54) is 5.56 Å². The Morgan fingerprint density at radius 1 is 1.27 bits per heavy atom. The van der Waals surface area contributed by atoms with Gasteiger partial charge in [-0.15, -0.1) is 0 Å². The molecule has 0 saturated carbocycles. The van der Waals surface area contributed by atoms with Crippen molar-refractivity contribution in [2.24, 2.45) is 0 Å². The molecule has 0 bridgehead atoms. The molecule has 1 fully saturated rings. The third-order valence-electron chi connectivity index (χ3n) is 4.32. The molecule has 1 aliphatic heterocycles. The highest BCUT2D eigenvalue weighted by Gasteiger charge is 2.28. The average molecular weight is 355 g/mol. The SMILES string of the molecule is CNc1nccnc1[C@@H]1CN(C(=O)c2ccc(CN(C)C)cc2)CCO1. The lowest BCUT2D eigenvalue weighted by atomic mass is 10.1. The summed E-state index contributed by atoms with van der Waals surface area (Å²) < 4.78 is 5.84. The van der Waals surface area contributed by atoms with Crippen molar-refractivity contribution < 1.29 is 9.53 Å². The monoisotopic (exact) mass is 355 g/mol. The zero-order chi connectivity index (χ0) is 18.5. The number of hydrogen-bond donors (Lipinski definition) is 1. The van der Waals surface area contributed by atoms with Crippen LogP contribution in [-0.4, -0.2) is 66.5 Å². The molecule has 1 aromatic carbocycles. The number of nitrogens with zero attached hydrogens (tertiary/aromatic N) is 4. The molecule has 0 spiro atoms. The Kier molecular flexibility index (Phi) is 5.80. The molecule has 26 heavy (non-hydrogen) atoms. The standard InChI is InChI=1S/C19H25N5O2/c1-20-18-17(21-8-9-22-18)16-13-24(10-11-26-16)19(25)15-6-4-14(5-7-15)12-23(2)3/h4-9,16H,10-13H2,1-3H3,(H,20,22)/t16-/m0/s1. The number of nitrogens with one attached hydrogen (secondary N) is 1. The van der Waals surface area contributed by atoms with Crippen LogP contribution in [0, 0.1) is 0 Å². The third-order valence-corrected chi connectivity index (χ3v) is 4.32. The van der Waals surface area contributed by atoms with Crippen LogP contribution in [0.1, 0.15) is 27.7 Å². The molecule has 1 saturated heterocycles. The van der Waals surface area contributed by atoms with E-state index in [0.29, 0.717) is 31.1 Å². The molecule has 1 atom stereocenters. The van der Waals surface area contributed by atoms with Gasteiger partial charge in [-0.2, -0.15) is 0 Å². The van der Waals surface area contributed by atoms with Crippen LogP contribution in [0.4, 0.5) is 5.82 Å². The number of carbonyl (C=O) groups is 1. The topological polar surface area (TPSA) is 70.6 Å². The maximum Gasteiger partial charge on any atom is 0.254 e. The highest BCUT2D eigenvalue weighted by atomic mass is 16.5. The molecular weight excluding hydrogens is 330 g/mol. The zero-order valence-corrected chi connectivity index (χ0v) is 15.5. The summed E-state index contributed by atoms with van der Waals surface area (Å²) in [7, 11) is 5.85. The van der Waals surface area contributed by atoms with Gasteiger partial charge in [-0.05, 0) is 31.8 Å². The molecule has 1 N–H and O–H groups in total. The van der Waals surface area contributed by atoms with E-state index >= 15 is 0 Å². The Hall–Kier alpha value is -2.51. The second-order valence-electron chi connectivity index (χ2n) is 6.59. The van der Waals surface area contributed by atoms with E-state index in [1.54, 1.807) is 19.4 Å². The zero-order valence-electron chi connectivity index (χ0n) is 15.5. The van der Waals surface area contributed by atoms with E-state index in [9.17, 15) is 4.79 Å². The van der Waals surface area contributed by atoms with E-state index in [-0.39, 0.29) is 12.0 Å². The first kappa shape index (κ1) is 18.3. The second kappa shape index (κ2) is 8.25. The molecule has 0 unspecified atom stereocenters. The predicted molar refractivity (Wildman–Crippen MR) is 100 cm³/mol. The molecule has 2 aromatic rings. The van der Waals surface area contributed by atoms with Crippen molar-refractivity contribution in [2.45, 2.75) is 12.6 Å². The van der Waals surface area contributed by atoms with Crippen LogP contribution in [0.3, 0.4) is 0 Å². The number of hydrogen-bond acceptors (Lipinski definition) is 6. The number of ether oxygens (including phenoxy) is 1. The normalized spacial score (nSPS) is 17.4. The molecule has 3 rings (SSSR count). The smallest absolute Gasteiger partial charge is 0.254 e. The quantitative estimate of drug-likeness (QED) is 0.882. The molecular formula is C19H25N5O2. The number of anilines is 1. The van der Waals surface area contributed by atoms with Crippen LogP contribution in [-0.2, 0) is 11.3 Å². The van der Waals surface area contributed by atoms with Crippen LogP contribution in [0.25, 0.3) is 0 Å². The number of aromatic nitrogens is 2. The summed E-state index contributed by atoms with van der Waals surface area (Å²) in [4.78, 5) is 25.5. The van der Waals surface area contributed by atoms with Gasteiger partial charge in [0, 0.05) is 38.1 Å². The van der Waals surface area contributed by atoms with Gasteiger partial charge in [0.15, 0.2) is 0 Å². The molecule has 0 radical (unpaired) electrons. The summed E-state index contributed by atoms with van der Waals surface area (Å²) in [5.74, 6) is 0.699. The van der Waals surface area contributed by atoms with Crippen molar-refractivity contribution >= 4 is 11.7 Å². The van der Waals surface area contributed by atoms with E-state index in [0.717, 1.165) is 12.2 Å². The van der Waals surface area contributed by atoms with Gasteiger partial charge in [0.2, 0.25) is 0 Å². The number of amides is 1. The van der Waals surface area contributed by atoms with E-state index in [4.69, 9.17) is 4.74 Å². The summed E-state index contributed by atoms with van der Waals surface area (Å²) in [5, 5.41) is 3.03.